The summed E-state index contributed by atoms with van der Waals surface area (Å²) >= 11 is 7.56. The molecule has 4 rings (SSSR count). The van der Waals surface area contributed by atoms with Crippen LogP contribution in [0.1, 0.15) is 0 Å². The topological polar surface area (TPSA) is 34.0 Å². The lowest BCUT2D eigenvalue weighted by Gasteiger charge is -2.29. The molecule has 0 unspecified atom stereocenters. The van der Waals surface area contributed by atoms with Crippen molar-refractivity contribution in [1.82, 2.24) is 14.8 Å². The van der Waals surface area contributed by atoms with Crippen LogP contribution in [-0.2, 0) is 6.67 Å². The molecule has 116 valence electrons. The van der Waals surface area contributed by atoms with E-state index in [1.807, 2.05) is 24.3 Å². The monoisotopic (exact) mass is 346 g/mol. The zero-order valence-corrected chi connectivity index (χ0v) is 13.6. The average molecular weight is 347 g/mol. The third kappa shape index (κ3) is 2.80. The van der Waals surface area contributed by atoms with E-state index in [0.717, 1.165) is 28.1 Å². The summed E-state index contributed by atoms with van der Waals surface area (Å²) < 4.78 is 15.2. The van der Waals surface area contributed by atoms with E-state index in [9.17, 15) is 4.39 Å². The first-order chi connectivity index (χ1) is 11.2. The minimum atomic E-state index is -0.231. The number of aromatic nitrogens is 3. The molecule has 0 bridgehead atoms. The number of fused-ring (bicyclic) bond motifs is 1. The minimum Gasteiger partial charge on any atom is -0.344 e. The van der Waals surface area contributed by atoms with Gasteiger partial charge >= 0.3 is 0 Å². The Hall–Kier alpha value is -2.05. The molecular formula is C16H12ClFN4S. The lowest BCUT2D eigenvalue weighted by molar-refractivity contribution is 0.605. The fourth-order valence-electron chi connectivity index (χ4n) is 2.49. The van der Waals surface area contributed by atoms with Crippen molar-refractivity contribution in [1.29, 1.82) is 0 Å². The molecule has 0 spiro atoms. The van der Waals surface area contributed by atoms with E-state index >= 15 is 0 Å². The SMILES string of the molecule is Fc1ccc(N2CSc3nnc(-c4ccc(Cl)cc4)n3C2)cc1. The largest absolute Gasteiger partial charge is 0.344 e. The van der Waals surface area contributed by atoms with Crippen LogP contribution >= 0.6 is 23.4 Å². The molecule has 1 aromatic heterocycles. The summed E-state index contributed by atoms with van der Waals surface area (Å²) in [5, 5.41) is 10.1. The normalized spacial score (nSPS) is 13.9. The maximum atomic E-state index is 13.1. The van der Waals surface area contributed by atoms with Crippen molar-refractivity contribution in [2.75, 3.05) is 10.8 Å². The predicted molar refractivity (Wildman–Crippen MR) is 90.1 cm³/mol. The van der Waals surface area contributed by atoms with E-state index in [1.54, 1.807) is 23.9 Å². The van der Waals surface area contributed by atoms with Gasteiger partial charge in [-0.1, -0.05) is 23.4 Å². The highest BCUT2D eigenvalue weighted by Crippen LogP contribution is 2.31. The zero-order chi connectivity index (χ0) is 15.8. The molecule has 0 saturated carbocycles. The van der Waals surface area contributed by atoms with Gasteiger partial charge in [0.05, 0.1) is 12.5 Å². The Labute approximate surface area is 141 Å². The number of hydrogen-bond acceptors (Lipinski definition) is 4. The first kappa shape index (κ1) is 14.5. The summed E-state index contributed by atoms with van der Waals surface area (Å²) in [6.07, 6.45) is 0. The van der Waals surface area contributed by atoms with Crippen LogP contribution in [0.5, 0.6) is 0 Å². The van der Waals surface area contributed by atoms with Crippen molar-refractivity contribution in [2.24, 2.45) is 0 Å². The maximum absolute atomic E-state index is 13.1. The minimum absolute atomic E-state index is 0.231. The number of nitrogens with zero attached hydrogens (tertiary/aromatic N) is 4. The molecule has 0 fully saturated rings. The van der Waals surface area contributed by atoms with E-state index < -0.39 is 0 Å². The first-order valence-electron chi connectivity index (χ1n) is 7.03. The van der Waals surface area contributed by atoms with Gasteiger partial charge in [-0.25, -0.2) is 4.39 Å². The van der Waals surface area contributed by atoms with Gasteiger partial charge in [0.15, 0.2) is 11.0 Å². The Morgan fingerprint density at radius 1 is 1.00 bits per heavy atom. The van der Waals surface area contributed by atoms with E-state index in [0.29, 0.717) is 11.7 Å². The van der Waals surface area contributed by atoms with Gasteiger partial charge in [0.25, 0.3) is 0 Å². The first-order valence-corrected chi connectivity index (χ1v) is 8.39. The highest BCUT2D eigenvalue weighted by atomic mass is 35.5. The van der Waals surface area contributed by atoms with Gasteiger partial charge in [-0.15, -0.1) is 10.2 Å². The molecule has 0 N–H and O–H groups in total. The van der Waals surface area contributed by atoms with Gasteiger partial charge in [-0.3, -0.25) is 4.57 Å². The summed E-state index contributed by atoms with van der Waals surface area (Å²) in [4.78, 5) is 2.15. The fraction of sp³-hybridized carbons (Fsp3) is 0.125. The van der Waals surface area contributed by atoms with E-state index in [-0.39, 0.29) is 5.82 Å². The molecule has 2 heterocycles. The van der Waals surface area contributed by atoms with E-state index in [1.165, 1.54) is 12.1 Å². The van der Waals surface area contributed by atoms with Gasteiger partial charge < -0.3 is 4.90 Å². The van der Waals surface area contributed by atoms with Gasteiger partial charge in [-0.05, 0) is 48.5 Å². The van der Waals surface area contributed by atoms with Crippen molar-refractivity contribution in [2.45, 2.75) is 11.8 Å². The Morgan fingerprint density at radius 2 is 1.74 bits per heavy atom. The molecule has 7 heteroatoms. The van der Waals surface area contributed by atoms with Gasteiger partial charge in [0.1, 0.15) is 5.82 Å². The molecular weight excluding hydrogens is 335 g/mol. The molecule has 0 atom stereocenters. The molecule has 0 aliphatic carbocycles. The van der Waals surface area contributed by atoms with Gasteiger partial charge in [0.2, 0.25) is 0 Å². The molecule has 23 heavy (non-hydrogen) atoms. The van der Waals surface area contributed by atoms with Crippen LogP contribution < -0.4 is 4.90 Å². The lowest BCUT2D eigenvalue weighted by atomic mass is 10.2. The molecule has 2 aromatic carbocycles. The fourth-order valence-corrected chi connectivity index (χ4v) is 3.52. The predicted octanol–water partition coefficient (Wildman–Crippen LogP) is 4.26. The Balaban J connectivity index is 1.67. The number of anilines is 1. The summed E-state index contributed by atoms with van der Waals surface area (Å²) in [7, 11) is 0. The summed E-state index contributed by atoms with van der Waals surface area (Å²) in [5.74, 6) is 1.32. The highest BCUT2D eigenvalue weighted by molar-refractivity contribution is 7.99. The van der Waals surface area contributed by atoms with Crippen molar-refractivity contribution < 1.29 is 4.39 Å². The summed E-state index contributed by atoms with van der Waals surface area (Å²) in [6, 6.07) is 14.1. The molecule has 3 aromatic rings. The molecule has 1 aliphatic rings. The Kier molecular flexibility index (Phi) is 3.71. The van der Waals surface area contributed by atoms with E-state index in [4.69, 9.17) is 11.6 Å². The van der Waals surface area contributed by atoms with Crippen molar-refractivity contribution in [3.05, 3.63) is 59.4 Å². The molecule has 4 nitrogen and oxygen atoms in total. The molecule has 1 aliphatic heterocycles. The number of benzene rings is 2. The third-order valence-corrected chi connectivity index (χ3v) is 4.93. The van der Waals surface area contributed by atoms with Crippen molar-refractivity contribution >= 4 is 29.1 Å². The standard InChI is InChI=1S/C16H12ClFN4S/c17-12-3-1-11(2-4-12)15-19-20-16-22(15)9-21(10-23-16)14-7-5-13(18)6-8-14/h1-8H,9-10H2. The Morgan fingerprint density at radius 3 is 2.48 bits per heavy atom. The summed E-state index contributed by atoms with van der Waals surface area (Å²) in [5.41, 5.74) is 1.94. The van der Waals surface area contributed by atoms with Crippen LogP contribution in [0.15, 0.2) is 53.7 Å². The molecule has 0 amide bonds. The smallest absolute Gasteiger partial charge is 0.194 e. The van der Waals surface area contributed by atoms with Crippen LogP contribution in [0, 0.1) is 5.82 Å². The third-order valence-electron chi connectivity index (χ3n) is 3.67. The van der Waals surface area contributed by atoms with Crippen LogP contribution in [-0.4, -0.2) is 20.6 Å². The molecule has 0 saturated heterocycles. The van der Waals surface area contributed by atoms with Crippen LogP contribution in [0.25, 0.3) is 11.4 Å². The number of hydrogen-bond donors (Lipinski definition) is 0. The maximum Gasteiger partial charge on any atom is 0.194 e. The quantitative estimate of drug-likeness (QED) is 0.694. The van der Waals surface area contributed by atoms with Crippen LogP contribution in [0.2, 0.25) is 5.02 Å². The van der Waals surface area contributed by atoms with Crippen molar-refractivity contribution in [3.8, 4) is 11.4 Å². The molecule has 0 radical (unpaired) electrons. The second kappa shape index (κ2) is 5.86. The number of rotatable bonds is 2. The highest BCUT2D eigenvalue weighted by Gasteiger charge is 2.22. The zero-order valence-electron chi connectivity index (χ0n) is 12.0. The van der Waals surface area contributed by atoms with E-state index in [2.05, 4.69) is 19.7 Å². The van der Waals surface area contributed by atoms with Crippen LogP contribution in [0.4, 0.5) is 10.1 Å². The van der Waals surface area contributed by atoms with Crippen LogP contribution in [0.3, 0.4) is 0 Å². The average Bonchev–Trinajstić information content (AvgIpc) is 2.99. The summed E-state index contributed by atoms with van der Waals surface area (Å²) in [6.45, 7) is 0.624. The van der Waals surface area contributed by atoms with Crippen molar-refractivity contribution in [3.63, 3.8) is 0 Å². The second-order valence-corrected chi connectivity index (χ2v) is 6.52. The number of thioether (sulfide) groups is 1. The Bertz CT molecular complexity index is 832. The second-order valence-electron chi connectivity index (χ2n) is 5.17. The lowest BCUT2D eigenvalue weighted by Crippen LogP contribution is -2.30. The van der Waals surface area contributed by atoms with Gasteiger partial charge in [0, 0.05) is 16.3 Å². The number of halogens is 2. The van der Waals surface area contributed by atoms with Gasteiger partial charge in [-0.2, -0.15) is 0 Å².